The fourth-order valence-corrected chi connectivity index (χ4v) is 3.90. The number of amides is 5. The summed E-state index contributed by atoms with van der Waals surface area (Å²) in [4.78, 5) is 66.6. The minimum Gasteiger partial charge on any atom is -0.481 e. The van der Waals surface area contributed by atoms with Crippen LogP contribution < -0.4 is 36.1 Å². The molecule has 0 atom stereocenters. The summed E-state index contributed by atoms with van der Waals surface area (Å²) in [5.41, 5.74) is -0.419. The van der Waals surface area contributed by atoms with Crippen molar-refractivity contribution in [3.05, 3.63) is 47.8 Å². The smallest absolute Gasteiger partial charge is 0.412 e. The molecule has 14 heteroatoms. The van der Waals surface area contributed by atoms with Gasteiger partial charge in [0.1, 0.15) is 34.2 Å². The van der Waals surface area contributed by atoms with Crippen LogP contribution in [0.2, 0.25) is 0 Å². The molecule has 0 saturated carbocycles. The molecular weight excluding hydrogens is 572 g/mol. The van der Waals surface area contributed by atoms with E-state index < -0.39 is 35.3 Å². The molecule has 1 aromatic carbocycles. The lowest BCUT2D eigenvalue weighted by atomic mass is 10.2. The molecule has 0 aliphatic carbocycles. The van der Waals surface area contributed by atoms with Gasteiger partial charge in [-0.3, -0.25) is 24.5 Å². The van der Waals surface area contributed by atoms with Gasteiger partial charge in [-0.05, 0) is 70.7 Å². The highest BCUT2D eigenvalue weighted by Gasteiger charge is 2.21. The monoisotopic (exact) mass is 612 g/mol. The predicted octanol–water partition coefficient (Wildman–Crippen LogP) is 2.15. The van der Waals surface area contributed by atoms with Crippen LogP contribution in [0.1, 0.15) is 67.4 Å². The van der Waals surface area contributed by atoms with E-state index in [1.54, 1.807) is 45.0 Å². The topological polar surface area (TPSA) is 186 Å². The second kappa shape index (κ2) is 16.7. The lowest BCUT2D eigenvalue weighted by Crippen LogP contribution is -2.32. The highest BCUT2D eigenvalue weighted by atomic mass is 16.6. The minimum absolute atomic E-state index is 0.106. The molecule has 238 valence electrons. The molecule has 4 bridgehead atoms. The van der Waals surface area contributed by atoms with E-state index in [1.165, 1.54) is 12.1 Å². The Morgan fingerprint density at radius 3 is 1.61 bits per heavy atom. The number of nitrogens with zero attached hydrogens (tertiary/aromatic N) is 1. The number of nitrogens with one attached hydrogen (secondary N) is 5. The van der Waals surface area contributed by atoms with Crippen molar-refractivity contribution in [2.24, 2.45) is 0 Å². The van der Waals surface area contributed by atoms with E-state index in [-0.39, 0.29) is 41.8 Å². The number of carbonyl (C=O) groups excluding carboxylic acids is 5. The zero-order valence-electron chi connectivity index (χ0n) is 25.2. The molecule has 2 aromatic rings. The molecule has 1 aromatic heterocycles. The molecule has 1 aliphatic rings. The van der Waals surface area contributed by atoms with Gasteiger partial charge in [-0.15, -0.1) is 0 Å². The van der Waals surface area contributed by atoms with Crippen LogP contribution in [0.15, 0.2) is 36.4 Å². The number of para-hydroxylation sites is 1. The Labute approximate surface area is 256 Å². The minimum atomic E-state index is -0.773. The highest BCUT2D eigenvalue weighted by Crippen LogP contribution is 2.35. The summed E-state index contributed by atoms with van der Waals surface area (Å²) >= 11 is 0. The van der Waals surface area contributed by atoms with Gasteiger partial charge >= 0.3 is 6.09 Å². The third-order valence-corrected chi connectivity index (χ3v) is 5.97. The molecule has 2 heterocycles. The fraction of sp³-hybridized carbons (Fsp3) is 0.467. The summed E-state index contributed by atoms with van der Waals surface area (Å²) in [5.74, 6) is -1.32. The molecule has 5 N–H and O–H groups in total. The summed E-state index contributed by atoms with van der Waals surface area (Å²) in [7, 11) is 0. The van der Waals surface area contributed by atoms with Crippen LogP contribution in [0.25, 0.3) is 0 Å². The van der Waals surface area contributed by atoms with E-state index >= 15 is 0 Å². The average molecular weight is 613 g/mol. The van der Waals surface area contributed by atoms with Crippen LogP contribution in [0.5, 0.6) is 11.5 Å². The summed E-state index contributed by atoms with van der Waals surface area (Å²) in [6, 6.07) is 9.34. The molecule has 44 heavy (non-hydrogen) atoms. The zero-order valence-corrected chi connectivity index (χ0v) is 25.2. The second-order valence-corrected chi connectivity index (χ2v) is 10.9. The van der Waals surface area contributed by atoms with E-state index in [0.717, 1.165) is 0 Å². The molecule has 14 nitrogen and oxygen atoms in total. The van der Waals surface area contributed by atoms with Crippen LogP contribution in [-0.4, -0.2) is 79.7 Å². The lowest BCUT2D eigenvalue weighted by Gasteiger charge is -2.21. The maximum Gasteiger partial charge on any atom is 0.412 e. The van der Waals surface area contributed by atoms with Crippen LogP contribution in [0.3, 0.4) is 0 Å². The van der Waals surface area contributed by atoms with Crippen molar-refractivity contribution in [3.8, 4) is 11.5 Å². The van der Waals surface area contributed by atoms with Gasteiger partial charge in [0.15, 0.2) is 13.2 Å². The van der Waals surface area contributed by atoms with Crippen molar-refractivity contribution in [2.45, 2.75) is 52.1 Å². The third kappa shape index (κ3) is 11.8. The summed E-state index contributed by atoms with van der Waals surface area (Å²) in [6.07, 6.45) is 1.57. The maximum absolute atomic E-state index is 12.6. The quantitative estimate of drug-likeness (QED) is 0.322. The van der Waals surface area contributed by atoms with Gasteiger partial charge in [-0.2, -0.15) is 0 Å². The van der Waals surface area contributed by atoms with E-state index in [4.69, 9.17) is 14.2 Å². The number of fused-ring (bicyclic) bond motifs is 4. The second-order valence-electron chi connectivity index (χ2n) is 10.9. The molecular formula is C30H40N6O8. The van der Waals surface area contributed by atoms with Gasteiger partial charge in [-0.25, -0.2) is 9.78 Å². The van der Waals surface area contributed by atoms with Crippen molar-refractivity contribution in [1.82, 2.24) is 26.3 Å². The number of anilines is 1. The largest absolute Gasteiger partial charge is 0.481 e. The summed E-state index contributed by atoms with van der Waals surface area (Å²) < 4.78 is 16.7. The normalized spacial score (nSPS) is 16.5. The maximum atomic E-state index is 12.6. The van der Waals surface area contributed by atoms with E-state index in [0.29, 0.717) is 51.9 Å². The Kier molecular flexibility index (Phi) is 12.7. The number of hydrogen-bond acceptors (Lipinski definition) is 9. The van der Waals surface area contributed by atoms with Gasteiger partial charge in [0.05, 0.1) is 0 Å². The first-order valence-corrected chi connectivity index (χ1v) is 14.5. The predicted molar refractivity (Wildman–Crippen MR) is 161 cm³/mol. The summed E-state index contributed by atoms with van der Waals surface area (Å²) in [5, 5.41) is 13.6. The van der Waals surface area contributed by atoms with E-state index in [9.17, 15) is 24.0 Å². The number of carbonyl (C=O) groups is 5. The number of ether oxygens (including phenoxy) is 3. The molecule has 1 aliphatic heterocycles. The SMILES string of the molecule is CC(C)(C)OC(=O)Nc1c2cccc1OCC(=O)NCCCCNC(=O)c1cccc(n1)C(=O)NCCCCNC(=O)CO2. The number of benzene rings is 1. The Morgan fingerprint density at radius 1 is 0.727 bits per heavy atom. The molecule has 0 unspecified atom stereocenters. The van der Waals surface area contributed by atoms with E-state index in [2.05, 4.69) is 31.6 Å². The van der Waals surface area contributed by atoms with Crippen LogP contribution in [0.4, 0.5) is 10.5 Å². The summed E-state index contributed by atoms with van der Waals surface area (Å²) in [6.45, 7) is 5.84. The number of rotatable bonds is 1. The average Bonchev–Trinajstić information content (AvgIpc) is 2.97. The third-order valence-electron chi connectivity index (χ3n) is 5.97. The van der Waals surface area contributed by atoms with Gasteiger partial charge in [-0.1, -0.05) is 12.1 Å². The molecule has 0 spiro atoms. The van der Waals surface area contributed by atoms with Crippen LogP contribution in [0, 0.1) is 0 Å². The zero-order chi connectivity index (χ0) is 32.0. The van der Waals surface area contributed by atoms with Gasteiger partial charge in [0.25, 0.3) is 23.6 Å². The van der Waals surface area contributed by atoms with Gasteiger partial charge in [0.2, 0.25) is 0 Å². The van der Waals surface area contributed by atoms with E-state index in [1.807, 2.05) is 0 Å². The van der Waals surface area contributed by atoms with Crippen molar-refractivity contribution >= 4 is 35.4 Å². The van der Waals surface area contributed by atoms with Crippen molar-refractivity contribution in [1.29, 1.82) is 0 Å². The Balaban J connectivity index is 1.68. The molecule has 5 amide bonds. The first-order chi connectivity index (χ1) is 21.0. The number of pyridine rings is 1. The molecule has 0 radical (unpaired) electrons. The van der Waals surface area contributed by atoms with Crippen molar-refractivity contribution < 1.29 is 38.2 Å². The number of aromatic nitrogens is 1. The Bertz CT molecular complexity index is 1250. The van der Waals surface area contributed by atoms with Crippen LogP contribution in [-0.2, 0) is 14.3 Å². The van der Waals surface area contributed by atoms with Crippen LogP contribution >= 0.6 is 0 Å². The first-order valence-electron chi connectivity index (χ1n) is 14.5. The fourth-order valence-electron chi connectivity index (χ4n) is 3.90. The molecule has 0 saturated heterocycles. The Morgan fingerprint density at radius 2 is 1.16 bits per heavy atom. The lowest BCUT2D eigenvalue weighted by molar-refractivity contribution is -0.123. The van der Waals surface area contributed by atoms with Gasteiger partial charge in [0, 0.05) is 26.2 Å². The van der Waals surface area contributed by atoms with Gasteiger partial charge < -0.3 is 35.5 Å². The Hall–Kier alpha value is -4.88. The van der Waals surface area contributed by atoms with Crippen molar-refractivity contribution in [3.63, 3.8) is 0 Å². The number of hydrogen-bond donors (Lipinski definition) is 5. The molecule has 0 fully saturated rings. The standard InChI is InChI=1S/C30H40N6O8/c1-30(2,3)44-29(41)36-26-22-12-9-13-23(26)43-19-25(38)32-15-5-7-17-34-28(40)21-11-8-10-20(35-21)27(39)33-16-6-4-14-31-24(37)18-42-22/h8-13H,4-7,14-19H2,1-3H3,(H,31,37)(H,32,38)(H,33,39)(H,34,40)(H,36,41). The molecule has 3 rings (SSSR count). The highest BCUT2D eigenvalue weighted by molar-refractivity contribution is 5.96. The first kappa shape index (κ1) is 33.6. The van der Waals surface area contributed by atoms with Crippen molar-refractivity contribution in [2.75, 3.05) is 44.7 Å².